The molecule has 168 valence electrons. The van der Waals surface area contributed by atoms with Crippen molar-refractivity contribution >= 4 is 29.1 Å². The van der Waals surface area contributed by atoms with Gasteiger partial charge in [-0.3, -0.25) is 19.3 Å². The second-order valence-electron chi connectivity index (χ2n) is 8.62. The van der Waals surface area contributed by atoms with Crippen molar-refractivity contribution in [2.45, 2.75) is 26.7 Å². The average Bonchev–Trinajstić information content (AvgIpc) is 3.03. The standard InChI is InChI=1S/C25H30N4O3/c1-4-5-10-29-24(31)20-8-6-18(16-21(20)25(29)32)23(30)26-22-9-7-19(15-17(22)2)28-13-11-27(3)12-14-28/h6-9,15-16H,4-5,10-14H2,1-3H3,(H,26,30). The topological polar surface area (TPSA) is 73.0 Å². The van der Waals surface area contributed by atoms with Crippen LogP contribution in [0.3, 0.4) is 0 Å². The van der Waals surface area contributed by atoms with Crippen LogP contribution in [0.15, 0.2) is 36.4 Å². The molecule has 0 bridgehead atoms. The molecule has 3 amide bonds. The zero-order valence-corrected chi connectivity index (χ0v) is 19.0. The van der Waals surface area contributed by atoms with Crippen molar-refractivity contribution in [2.24, 2.45) is 0 Å². The van der Waals surface area contributed by atoms with Crippen LogP contribution < -0.4 is 10.2 Å². The van der Waals surface area contributed by atoms with Crippen molar-refractivity contribution in [1.82, 2.24) is 9.80 Å². The van der Waals surface area contributed by atoms with E-state index in [0.717, 1.165) is 56.0 Å². The minimum absolute atomic E-state index is 0.277. The molecule has 0 radical (unpaired) electrons. The summed E-state index contributed by atoms with van der Waals surface area (Å²) in [7, 11) is 2.13. The molecule has 2 aliphatic heterocycles. The summed E-state index contributed by atoms with van der Waals surface area (Å²) < 4.78 is 0. The summed E-state index contributed by atoms with van der Waals surface area (Å²) in [5.41, 5.74) is 3.91. The predicted octanol–water partition coefficient (Wildman–Crippen LogP) is 3.40. The molecule has 0 aromatic heterocycles. The number of amides is 3. The predicted molar refractivity (Wildman–Crippen MR) is 126 cm³/mol. The van der Waals surface area contributed by atoms with Crippen LogP contribution in [0.4, 0.5) is 11.4 Å². The number of imide groups is 1. The van der Waals surface area contributed by atoms with E-state index in [2.05, 4.69) is 28.2 Å². The van der Waals surface area contributed by atoms with Crippen molar-refractivity contribution < 1.29 is 14.4 Å². The molecule has 0 atom stereocenters. The fourth-order valence-corrected chi connectivity index (χ4v) is 4.20. The van der Waals surface area contributed by atoms with Gasteiger partial charge in [0.15, 0.2) is 0 Å². The lowest BCUT2D eigenvalue weighted by atomic mass is 10.0. The number of carbonyl (C=O) groups is 3. The summed E-state index contributed by atoms with van der Waals surface area (Å²) in [6.45, 7) is 8.44. The number of nitrogens with one attached hydrogen (secondary N) is 1. The molecule has 2 aromatic rings. The molecule has 2 aliphatic rings. The fourth-order valence-electron chi connectivity index (χ4n) is 4.20. The Bertz CT molecular complexity index is 1060. The van der Waals surface area contributed by atoms with E-state index < -0.39 is 0 Å². The van der Waals surface area contributed by atoms with Crippen molar-refractivity contribution in [2.75, 3.05) is 50.0 Å². The molecule has 0 unspecified atom stereocenters. The Morgan fingerprint density at radius 3 is 2.38 bits per heavy atom. The van der Waals surface area contributed by atoms with E-state index in [-0.39, 0.29) is 17.7 Å². The molecule has 4 rings (SSSR count). The maximum atomic E-state index is 12.9. The number of hydrogen-bond donors (Lipinski definition) is 1. The van der Waals surface area contributed by atoms with Crippen LogP contribution in [0, 0.1) is 6.92 Å². The van der Waals surface area contributed by atoms with Gasteiger partial charge in [0.25, 0.3) is 17.7 Å². The van der Waals surface area contributed by atoms with Crippen molar-refractivity contribution in [3.05, 3.63) is 58.7 Å². The van der Waals surface area contributed by atoms with Gasteiger partial charge in [-0.25, -0.2) is 0 Å². The number of aryl methyl sites for hydroxylation is 1. The highest BCUT2D eigenvalue weighted by Gasteiger charge is 2.35. The van der Waals surface area contributed by atoms with Crippen molar-refractivity contribution in [3.8, 4) is 0 Å². The number of rotatable bonds is 6. The highest BCUT2D eigenvalue weighted by atomic mass is 16.2. The van der Waals surface area contributed by atoms with Crippen LogP contribution in [-0.4, -0.2) is 67.3 Å². The average molecular weight is 435 g/mol. The molecule has 7 nitrogen and oxygen atoms in total. The number of anilines is 2. The van der Waals surface area contributed by atoms with Crippen LogP contribution >= 0.6 is 0 Å². The van der Waals surface area contributed by atoms with Crippen LogP contribution in [0.1, 0.15) is 56.4 Å². The summed E-state index contributed by atoms with van der Waals surface area (Å²) in [5.74, 6) is -0.892. The summed E-state index contributed by atoms with van der Waals surface area (Å²) in [4.78, 5) is 44.0. The SMILES string of the molecule is CCCCN1C(=O)c2ccc(C(=O)Nc3ccc(N4CCN(C)CC4)cc3C)cc2C1=O. The van der Waals surface area contributed by atoms with E-state index in [1.54, 1.807) is 12.1 Å². The van der Waals surface area contributed by atoms with E-state index in [1.165, 1.54) is 11.0 Å². The lowest BCUT2D eigenvalue weighted by molar-refractivity contribution is 0.0652. The van der Waals surface area contributed by atoms with E-state index in [9.17, 15) is 14.4 Å². The van der Waals surface area contributed by atoms with Crippen molar-refractivity contribution in [1.29, 1.82) is 0 Å². The monoisotopic (exact) mass is 434 g/mol. The van der Waals surface area contributed by atoms with Gasteiger partial charge in [-0.05, 0) is 62.4 Å². The zero-order valence-electron chi connectivity index (χ0n) is 19.0. The van der Waals surface area contributed by atoms with Gasteiger partial charge in [-0.2, -0.15) is 0 Å². The molecule has 2 heterocycles. The number of carbonyl (C=O) groups excluding carboxylic acids is 3. The molecule has 1 N–H and O–H groups in total. The van der Waals surface area contributed by atoms with Crippen LogP contribution in [-0.2, 0) is 0 Å². The number of piperazine rings is 1. The maximum Gasteiger partial charge on any atom is 0.261 e. The maximum absolute atomic E-state index is 12.9. The first kappa shape index (κ1) is 22.0. The Hall–Kier alpha value is -3.19. The molecular weight excluding hydrogens is 404 g/mol. The van der Waals surface area contributed by atoms with Gasteiger partial charge in [-0.15, -0.1) is 0 Å². The smallest absolute Gasteiger partial charge is 0.261 e. The third-order valence-electron chi connectivity index (χ3n) is 6.29. The lowest BCUT2D eigenvalue weighted by Gasteiger charge is -2.34. The quantitative estimate of drug-likeness (QED) is 0.706. The Labute approximate surface area is 189 Å². The molecule has 1 saturated heterocycles. The zero-order chi connectivity index (χ0) is 22.8. The molecule has 1 fully saturated rings. The Kier molecular flexibility index (Phi) is 6.28. The number of hydrogen-bond acceptors (Lipinski definition) is 5. The molecular formula is C25H30N4O3. The summed E-state index contributed by atoms with van der Waals surface area (Å²) >= 11 is 0. The first-order valence-corrected chi connectivity index (χ1v) is 11.2. The van der Waals surface area contributed by atoms with Crippen LogP contribution in [0.2, 0.25) is 0 Å². The first-order chi connectivity index (χ1) is 15.4. The molecule has 7 heteroatoms. The molecule has 2 aromatic carbocycles. The van der Waals surface area contributed by atoms with E-state index >= 15 is 0 Å². The Morgan fingerprint density at radius 2 is 1.69 bits per heavy atom. The molecule has 0 saturated carbocycles. The van der Waals surface area contributed by atoms with Gasteiger partial charge in [-0.1, -0.05) is 13.3 Å². The number of fused-ring (bicyclic) bond motifs is 1. The summed E-state index contributed by atoms with van der Waals surface area (Å²) in [6, 6.07) is 10.8. The summed E-state index contributed by atoms with van der Waals surface area (Å²) in [6.07, 6.45) is 1.66. The van der Waals surface area contributed by atoms with Gasteiger partial charge in [0.2, 0.25) is 0 Å². The van der Waals surface area contributed by atoms with E-state index in [0.29, 0.717) is 23.2 Å². The normalized spacial score (nSPS) is 16.5. The third-order valence-corrected chi connectivity index (χ3v) is 6.29. The van der Waals surface area contributed by atoms with Gasteiger partial charge in [0.05, 0.1) is 11.1 Å². The molecule has 0 aliphatic carbocycles. The first-order valence-electron chi connectivity index (χ1n) is 11.2. The molecule has 32 heavy (non-hydrogen) atoms. The second-order valence-corrected chi connectivity index (χ2v) is 8.62. The van der Waals surface area contributed by atoms with E-state index in [4.69, 9.17) is 0 Å². The van der Waals surface area contributed by atoms with Gasteiger partial charge in [0, 0.05) is 49.7 Å². The summed E-state index contributed by atoms with van der Waals surface area (Å²) in [5, 5.41) is 2.95. The van der Waals surface area contributed by atoms with E-state index in [1.807, 2.05) is 26.0 Å². The Balaban J connectivity index is 1.48. The number of unbranched alkanes of at least 4 members (excludes halogenated alkanes) is 1. The number of nitrogens with zero attached hydrogens (tertiary/aromatic N) is 3. The van der Waals surface area contributed by atoms with Gasteiger partial charge < -0.3 is 15.1 Å². The fraction of sp³-hybridized carbons (Fsp3) is 0.400. The highest BCUT2D eigenvalue weighted by Crippen LogP contribution is 2.27. The highest BCUT2D eigenvalue weighted by molar-refractivity contribution is 6.22. The minimum atomic E-state index is -0.319. The van der Waals surface area contributed by atoms with Crippen molar-refractivity contribution in [3.63, 3.8) is 0 Å². The number of likely N-dealkylation sites (N-methyl/N-ethyl adjacent to an activating group) is 1. The third kappa shape index (κ3) is 4.25. The van der Waals surface area contributed by atoms with Crippen LogP contribution in [0.25, 0.3) is 0 Å². The molecule has 0 spiro atoms. The van der Waals surface area contributed by atoms with Gasteiger partial charge >= 0.3 is 0 Å². The minimum Gasteiger partial charge on any atom is -0.369 e. The van der Waals surface area contributed by atoms with Crippen LogP contribution in [0.5, 0.6) is 0 Å². The largest absolute Gasteiger partial charge is 0.369 e. The number of benzene rings is 2. The lowest BCUT2D eigenvalue weighted by Crippen LogP contribution is -2.44. The Morgan fingerprint density at radius 1 is 0.969 bits per heavy atom. The van der Waals surface area contributed by atoms with Gasteiger partial charge in [0.1, 0.15) is 0 Å². The second kappa shape index (κ2) is 9.12.